The number of carboxylic acid groups (broad SMARTS) is 1. The Kier molecular flexibility index (Phi) is 4.33. The summed E-state index contributed by atoms with van der Waals surface area (Å²) in [5.41, 5.74) is 2.89. The second-order valence-corrected chi connectivity index (χ2v) is 8.32. The van der Waals surface area contributed by atoms with Gasteiger partial charge in [0.2, 0.25) is 0 Å². The second kappa shape index (κ2) is 6.19. The highest BCUT2D eigenvalue weighted by Gasteiger charge is 2.35. The monoisotopic (exact) mass is 359 g/mol. The molecule has 2 aromatic carbocycles. The zero-order valence-corrected chi connectivity index (χ0v) is 15.3. The van der Waals surface area contributed by atoms with Crippen molar-refractivity contribution in [3.05, 3.63) is 58.7 Å². The lowest BCUT2D eigenvalue weighted by atomic mass is 9.99. The zero-order valence-electron chi connectivity index (χ0n) is 14.5. The van der Waals surface area contributed by atoms with Gasteiger partial charge in [-0.15, -0.1) is 0 Å². The normalized spacial score (nSPS) is 17.2. The molecule has 1 heterocycles. The van der Waals surface area contributed by atoms with Crippen molar-refractivity contribution in [2.45, 2.75) is 44.6 Å². The van der Waals surface area contributed by atoms with Gasteiger partial charge in [0.05, 0.1) is 16.1 Å². The average Bonchev–Trinajstić information content (AvgIpc) is 2.56. The number of anilines is 1. The van der Waals surface area contributed by atoms with Crippen molar-refractivity contribution in [1.82, 2.24) is 0 Å². The number of nitrogens with zero attached hydrogens (tertiary/aromatic N) is 1. The third-order valence-corrected chi connectivity index (χ3v) is 6.92. The third kappa shape index (κ3) is 2.91. The topological polar surface area (TPSA) is 74.7 Å². The summed E-state index contributed by atoms with van der Waals surface area (Å²) in [6.45, 7) is 5.33. The first-order valence-corrected chi connectivity index (χ1v) is 9.64. The van der Waals surface area contributed by atoms with Crippen LogP contribution in [0.1, 0.15) is 40.4 Å². The van der Waals surface area contributed by atoms with Crippen LogP contribution in [-0.4, -0.2) is 25.5 Å². The predicted molar refractivity (Wildman–Crippen MR) is 96.8 cm³/mol. The number of benzene rings is 2. The molecule has 1 N–H and O–H groups in total. The molecule has 25 heavy (non-hydrogen) atoms. The minimum atomic E-state index is -3.86. The van der Waals surface area contributed by atoms with Crippen molar-refractivity contribution in [1.29, 1.82) is 0 Å². The lowest BCUT2D eigenvalue weighted by molar-refractivity contribution is 0.0696. The Morgan fingerprint density at radius 3 is 2.56 bits per heavy atom. The van der Waals surface area contributed by atoms with E-state index in [2.05, 4.69) is 0 Å². The Morgan fingerprint density at radius 1 is 1.20 bits per heavy atom. The van der Waals surface area contributed by atoms with Crippen LogP contribution >= 0.6 is 0 Å². The first-order chi connectivity index (χ1) is 11.7. The summed E-state index contributed by atoms with van der Waals surface area (Å²) in [5.74, 6) is -1.13. The van der Waals surface area contributed by atoms with E-state index in [1.54, 1.807) is 13.8 Å². The highest BCUT2D eigenvalue weighted by atomic mass is 32.2. The fourth-order valence-corrected chi connectivity index (χ4v) is 5.40. The van der Waals surface area contributed by atoms with Crippen LogP contribution in [0.4, 0.5) is 5.69 Å². The molecule has 3 rings (SSSR count). The van der Waals surface area contributed by atoms with Crippen LogP contribution in [-0.2, 0) is 16.4 Å². The molecule has 0 aromatic heterocycles. The van der Waals surface area contributed by atoms with Gasteiger partial charge in [-0.05, 0) is 68.5 Å². The number of para-hydroxylation sites is 1. The van der Waals surface area contributed by atoms with E-state index >= 15 is 0 Å². The summed E-state index contributed by atoms with van der Waals surface area (Å²) in [4.78, 5) is 11.4. The molecule has 2 aromatic rings. The maximum Gasteiger partial charge on any atom is 0.335 e. The lowest BCUT2D eigenvalue weighted by Gasteiger charge is -2.36. The SMILES string of the molecule is Cc1cc(C(=O)O)cc(S(=O)(=O)N2c3ccccc3CC[C@H]2C)c1C. The number of aryl methyl sites for hydroxylation is 2. The van der Waals surface area contributed by atoms with Gasteiger partial charge in [-0.3, -0.25) is 4.31 Å². The number of hydrogen-bond donors (Lipinski definition) is 1. The number of carbonyl (C=O) groups is 1. The molecular weight excluding hydrogens is 338 g/mol. The maximum atomic E-state index is 13.4. The van der Waals surface area contributed by atoms with E-state index in [0.29, 0.717) is 16.8 Å². The molecule has 0 spiro atoms. The summed E-state index contributed by atoms with van der Waals surface area (Å²) in [6.07, 6.45) is 1.56. The molecule has 0 radical (unpaired) electrons. The van der Waals surface area contributed by atoms with Crippen LogP contribution in [0.15, 0.2) is 41.3 Å². The van der Waals surface area contributed by atoms with Gasteiger partial charge in [-0.2, -0.15) is 0 Å². The Balaban J connectivity index is 2.23. The molecule has 6 heteroatoms. The van der Waals surface area contributed by atoms with Crippen molar-refractivity contribution in [2.24, 2.45) is 0 Å². The van der Waals surface area contributed by atoms with Gasteiger partial charge in [-0.25, -0.2) is 13.2 Å². The Hall–Kier alpha value is -2.34. The van der Waals surface area contributed by atoms with E-state index in [9.17, 15) is 18.3 Å². The van der Waals surface area contributed by atoms with Gasteiger partial charge < -0.3 is 5.11 Å². The molecule has 1 atom stereocenters. The predicted octanol–water partition coefficient (Wildman–Crippen LogP) is 3.53. The van der Waals surface area contributed by atoms with E-state index in [0.717, 1.165) is 18.4 Å². The van der Waals surface area contributed by atoms with E-state index in [1.165, 1.54) is 16.4 Å². The fourth-order valence-electron chi connectivity index (χ4n) is 3.35. The fraction of sp³-hybridized carbons (Fsp3) is 0.316. The molecule has 0 saturated heterocycles. The number of carboxylic acids is 1. The largest absolute Gasteiger partial charge is 0.478 e. The summed E-state index contributed by atoms with van der Waals surface area (Å²) >= 11 is 0. The van der Waals surface area contributed by atoms with E-state index in [4.69, 9.17) is 0 Å². The molecule has 0 amide bonds. The minimum absolute atomic E-state index is 0.0142. The summed E-state index contributed by atoms with van der Waals surface area (Å²) < 4.78 is 28.3. The summed E-state index contributed by atoms with van der Waals surface area (Å²) in [6, 6.07) is 10.1. The summed E-state index contributed by atoms with van der Waals surface area (Å²) in [5, 5.41) is 9.30. The van der Waals surface area contributed by atoms with Crippen LogP contribution < -0.4 is 4.31 Å². The number of aromatic carboxylic acids is 1. The molecule has 0 saturated carbocycles. The molecule has 5 nitrogen and oxygen atoms in total. The molecule has 0 aliphatic carbocycles. The van der Waals surface area contributed by atoms with Gasteiger partial charge in [0.1, 0.15) is 0 Å². The Bertz CT molecular complexity index is 950. The van der Waals surface area contributed by atoms with E-state index < -0.39 is 16.0 Å². The van der Waals surface area contributed by atoms with Crippen LogP contribution in [0.5, 0.6) is 0 Å². The van der Waals surface area contributed by atoms with Gasteiger partial charge in [0.15, 0.2) is 0 Å². The van der Waals surface area contributed by atoms with Crippen molar-refractivity contribution in [2.75, 3.05) is 4.31 Å². The summed E-state index contributed by atoms with van der Waals surface area (Å²) in [7, 11) is -3.86. The molecule has 1 aliphatic rings. The van der Waals surface area contributed by atoms with Crippen molar-refractivity contribution >= 4 is 21.7 Å². The van der Waals surface area contributed by atoms with Gasteiger partial charge in [0.25, 0.3) is 10.0 Å². The Morgan fingerprint density at radius 2 is 1.88 bits per heavy atom. The van der Waals surface area contributed by atoms with Crippen molar-refractivity contribution < 1.29 is 18.3 Å². The molecule has 0 unspecified atom stereocenters. The first kappa shape index (κ1) is 17.5. The van der Waals surface area contributed by atoms with Gasteiger partial charge in [0, 0.05) is 6.04 Å². The molecule has 0 fully saturated rings. The Labute approximate surface area is 148 Å². The minimum Gasteiger partial charge on any atom is -0.478 e. The lowest BCUT2D eigenvalue weighted by Crippen LogP contribution is -2.42. The third-order valence-electron chi connectivity index (χ3n) is 4.86. The van der Waals surface area contributed by atoms with Crippen LogP contribution in [0.25, 0.3) is 0 Å². The van der Waals surface area contributed by atoms with Gasteiger partial charge >= 0.3 is 5.97 Å². The molecule has 0 bridgehead atoms. The standard InChI is InChI=1S/C19H21NO4S/c1-12-10-16(19(21)22)11-18(14(12)3)25(23,24)20-13(2)8-9-15-6-4-5-7-17(15)20/h4-7,10-11,13H,8-9H2,1-3H3,(H,21,22)/t13-/m1/s1. The van der Waals surface area contributed by atoms with Gasteiger partial charge in [-0.1, -0.05) is 18.2 Å². The molecule has 132 valence electrons. The van der Waals surface area contributed by atoms with E-state index in [1.807, 2.05) is 31.2 Å². The smallest absolute Gasteiger partial charge is 0.335 e. The molecule has 1 aliphatic heterocycles. The van der Waals surface area contributed by atoms with Crippen molar-refractivity contribution in [3.8, 4) is 0 Å². The first-order valence-electron chi connectivity index (χ1n) is 8.20. The zero-order chi connectivity index (χ0) is 18.4. The maximum absolute atomic E-state index is 13.4. The highest BCUT2D eigenvalue weighted by Crippen LogP contribution is 2.36. The van der Waals surface area contributed by atoms with Crippen LogP contribution in [0.2, 0.25) is 0 Å². The van der Waals surface area contributed by atoms with Crippen LogP contribution in [0.3, 0.4) is 0 Å². The molecular formula is C19H21NO4S. The van der Waals surface area contributed by atoms with Crippen LogP contribution in [0, 0.1) is 13.8 Å². The number of sulfonamides is 1. The number of fused-ring (bicyclic) bond motifs is 1. The highest BCUT2D eigenvalue weighted by molar-refractivity contribution is 7.93. The number of rotatable bonds is 3. The quantitative estimate of drug-likeness (QED) is 0.910. The second-order valence-electron chi connectivity index (χ2n) is 6.54. The average molecular weight is 359 g/mol. The van der Waals surface area contributed by atoms with Crippen molar-refractivity contribution in [3.63, 3.8) is 0 Å². The van der Waals surface area contributed by atoms with E-state index in [-0.39, 0.29) is 16.5 Å². The number of hydrogen-bond acceptors (Lipinski definition) is 3.